The molecule has 1 aliphatic carbocycles. The molecule has 2 aromatic carbocycles. The highest BCUT2D eigenvalue weighted by molar-refractivity contribution is 5.80. The Hall–Kier alpha value is -3.06. The molecule has 0 aromatic heterocycles. The van der Waals surface area contributed by atoms with E-state index in [1.165, 1.54) is 62.5 Å². The molecule has 2 saturated heterocycles. The lowest BCUT2D eigenvalue weighted by atomic mass is 10.0. The van der Waals surface area contributed by atoms with Gasteiger partial charge < -0.3 is 20.4 Å². The lowest BCUT2D eigenvalue weighted by Gasteiger charge is -2.37. The van der Waals surface area contributed by atoms with Crippen LogP contribution in [-0.4, -0.2) is 95.0 Å². The molecule has 3 N–H and O–H groups in total. The standard InChI is InChI=1S/C38H57N7/c1-2-13-34(27-42-22-12-21-33(42)28-44-35(26-41-37(44)39)24-31-16-5-3-6-17-31)45-29-36(25-32-18-7-4-8-19-32)43(38(45)40)23-11-20-30-14-9-10-15-30/h3-8,16-19,30,33-36,40H,2,9-15,20-29H2,1H3,(H2,39,41)/t33-,34-,35-,36+/m0/s1. The second-order valence-electron chi connectivity index (χ2n) is 14.2. The number of likely N-dealkylation sites (tertiary alicyclic amines) is 1. The highest BCUT2D eigenvalue weighted by Crippen LogP contribution is 2.31. The van der Waals surface area contributed by atoms with Crippen LogP contribution in [0.1, 0.15) is 82.3 Å². The smallest absolute Gasteiger partial charge is 0.194 e. The van der Waals surface area contributed by atoms with Gasteiger partial charge in [-0.05, 0) is 68.5 Å². The van der Waals surface area contributed by atoms with E-state index < -0.39 is 0 Å². The van der Waals surface area contributed by atoms with Gasteiger partial charge in [0.1, 0.15) is 0 Å². The SMILES string of the molecule is CCC[C@@H](CN1CCC[C@H]1CN1C(N)=NC[C@@H]1Cc1ccccc1)N1C[C@@H](Cc2ccccc2)N(CCCC2CCCC2)C1=N. The van der Waals surface area contributed by atoms with Gasteiger partial charge in [-0.25, -0.2) is 0 Å². The molecule has 45 heavy (non-hydrogen) atoms. The van der Waals surface area contributed by atoms with Gasteiger partial charge in [0.2, 0.25) is 0 Å². The molecule has 0 radical (unpaired) electrons. The topological polar surface area (TPSA) is 75.2 Å². The number of rotatable bonds is 15. The zero-order valence-electron chi connectivity index (χ0n) is 27.7. The van der Waals surface area contributed by atoms with E-state index in [1.807, 2.05) is 0 Å². The fraction of sp³-hybridized carbons (Fsp3) is 0.632. The van der Waals surface area contributed by atoms with E-state index in [0.29, 0.717) is 30.1 Å². The number of hydrogen-bond donors (Lipinski definition) is 2. The Morgan fingerprint density at radius 1 is 0.867 bits per heavy atom. The Labute approximate surface area is 272 Å². The molecule has 244 valence electrons. The van der Waals surface area contributed by atoms with E-state index in [-0.39, 0.29) is 0 Å². The minimum atomic E-state index is 0.338. The number of nitrogens with two attached hydrogens (primary N) is 1. The van der Waals surface area contributed by atoms with Crippen LogP contribution in [0.4, 0.5) is 0 Å². The molecule has 3 fully saturated rings. The van der Waals surface area contributed by atoms with Crippen molar-refractivity contribution in [3.8, 4) is 0 Å². The molecule has 4 atom stereocenters. The summed E-state index contributed by atoms with van der Waals surface area (Å²) in [5.41, 5.74) is 9.25. The molecule has 2 aromatic rings. The molecule has 7 heteroatoms. The van der Waals surface area contributed by atoms with Gasteiger partial charge in [-0.15, -0.1) is 0 Å². The fourth-order valence-corrected chi connectivity index (χ4v) is 8.67. The zero-order chi connectivity index (χ0) is 31.0. The van der Waals surface area contributed by atoms with E-state index in [0.717, 1.165) is 76.8 Å². The minimum absolute atomic E-state index is 0.338. The van der Waals surface area contributed by atoms with E-state index in [2.05, 4.69) is 92.2 Å². The summed E-state index contributed by atoms with van der Waals surface area (Å²) < 4.78 is 0. The highest BCUT2D eigenvalue weighted by Gasteiger charge is 2.40. The summed E-state index contributed by atoms with van der Waals surface area (Å²) in [6.45, 7) is 8.20. The van der Waals surface area contributed by atoms with Crippen molar-refractivity contribution >= 4 is 11.9 Å². The van der Waals surface area contributed by atoms with Gasteiger partial charge in [0, 0.05) is 38.3 Å². The Morgan fingerprint density at radius 2 is 1.56 bits per heavy atom. The zero-order valence-corrected chi connectivity index (χ0v) is 27.7. The summed E-state index contributed by atoms with van der Waals surface area (Å²) in [5, 5.41) is 9.51. The predicted molar refractivity (Wildman–Crippen MR) is 187 cm³/mol. The molecular weight excluding hydrogens is 554 g/mol. The molecular formula is C38H57N7. The van der Waals surface area contributed by atoms with Crippen molar-refractivity contribution in [3.63, 3.8) is 0 Å². The maximum atomic E-state index is 9.51. The van der Waals surface area contributed by atoms with E-state index >= 15 is 0 Å². The van der Waals surface area contributed by atoms with Gasteiger partial charge in [-0.1, -0.05) is 99.7 Å². The fourth-order valence-electron chi connectivity index (χ4n) is 8.67. The average molecular weight is 612 g/mol. The van der Waals surface area contributed by atoms with Crippen molar-refractivity contribution in [2.45, 2.75) is 108 Å². The van der Waals surface area contributed by atoms with Crippen molar-refractivity contribution in [2.75, 3.05) is 39.3 Å². The highest BCUT2D eigenvalue weighted by atomic mass is 15.5. The molecule has 0 amide bonds. The Balaban J connectivity index is 1.12. The molecule has 0 unspecified atom stereocenters. The number of guanidine groups is 2. The summed E-state index contributed by atoms with van der Waals surface area (Å²) in [6.07, 6.45) is 14.9. The van der Waals surface area contributed by atoms with Gasteiger partial charge in [-0.3, -0.25) is 15.3 Å². The van der Waals surface area contributed by atoms with E-state index in [1.54, 1.807) is 0 Å². The van der Waals surface area contributed by atoms with Crippen LogP contribution in [0, 0.1) is 11.3 Å². The average Bonchev–Trinajstić information content (AvgIpc) is 3.86. The quantitative estimate of drug-likeness (QED) is 0.259. The Bertz CT molecular complexity index is 1230. The van der Waals surface area contributed by atoms with Crippen LogP contribution in [0.15, 0.2) is 65.7 Å². The number of hydrogen-bond acceptors (Lipinski definition) is 5. The summed E-state index contributed by atoms with van der Waals surface area (Å²) in [7, 11) is 0. The van der Waals surface area contributed by atoms with Gasteiger partial charge in [0.15, 0.2) is 11.9 Å². The van der Waals surface area contributed by atoms with Crippen LogP contribution in [0.5, 0.6) is 0 Å². The van der Waals surface area contributed by atoms with Gasteiger partial charge in [0.05, 0.1) is 18.6 Å². The molecule has 4 aliphatic rings. The predicted octanol–water partition coefficient (Wildman–Crippen LogP) is 6.00. The van der Waals surface area contributed by atoms with Crippen LogP contribution in [-0.2, 0) is 12.8 Å². The largest absolute Gasteiger partial charge is 0.370 e. The molecule has 6 rings (SSSR count). The lowest BCUT2D eigenvalue weighted by molar-refractivity contribution is 0.153. The summed E-state index contributed by atoms with van der Waals surface area (Å²) >= 11 is 0. The van der Waals surface area contributed by atoms with Crippen LogP contribution in [0.3, 0.4) is 0 Å². The maximum Gasteiger partial charge on any atom is 0.194 e. The van der Waals surface area contributed by atoms with Gasteiger partial charge in [-0.2, -0.15) is 0 Å². The van der Waals surface area contributed by atoms with Crippen LogP contribution >= 0.6 is 0 Å². The van der Waals surface area contributed by atoms with Crippen LogP contribution in [0.25, 0.3) is 0 Å². The molecule has 3 aliphatic heterocycles. The number of nitrogens with zero attached hydrogens (tertiary/aromatic N) is 5. The minimum Gasteiger partial charge on any atom is -0.370 e. The van der Waals surface area contributed by atoms with Crippen molar-refractivity contribution in [3.05, 3.63) is 71.8 Å². The third kappa shape index (κ3) is 8.03. The lowest BCUT2D eigenvalue weighted by Crippen LogP contribution is -2.52. The van der Waals surface area contributed by atoms with Crippen molar-refractivity contribution in [2.24, 2.45) is 16.6 Å². The van der Waals surface area contributed by atoms with Crippen molar-refractivity contribution < 1.29 is 0 Å². The molecule has 7 nitrogen and oxygen atoms in total. The second-order valence-corrected chi connectivity index (χ2v) is 14.2. The monoisotopic (exact) mass is 611 g/mol. The van der Waals surface area contributed by atoms with Crippen LogP contribution in [0.2, 0.25) is 0 Å². The summed E-state index contributed by atoms with van der Waals surface area (Å²) in [5.74, 6) is 2.40. The Morgan fingerprint density at radius 3 is 2.24 bits per heavy atom. The van der Waals surface area contributed by atoms with Crippen molar-refractivity contribution in [1.29, 1.82) is 5.41 Å². The van der Waals surface area contributed by atoms with Crippen LogP contribution < -0.4 is 5.73 Å². The molecule has 3 heterocycles. The molecule has 0 spiro atoms. The first-order valence-electron chi connectivity index (χ1n) is 18.1. The molecule has 1 saturated carbocycles. The van der Waals surface area contributed by atoms with Gasteiger partial charge in [0.25, 0.3) is 0 Å². The third-order valence-corrected chi connectivity index (χ3v) is 11.1. The van der Waals surface area contributed by atoms with Gasteiger partial charge >= 0.3 is 0 Å². The van der Waals surface area contributed by atoms with E-state index in [4.69, 9.17) is 5.73 Å². The second kappa shape index (κ2) is 15.5. The van der Waals surface area contributed by atoms with E-state index in [9.17, 15) is 5.41 Å². The first-order chi connectivity index (χ1) is 22.1. The molecule has 0 bridgehead atoms. The number of aliphatic imine (C=N–C) groups is 1. The Kier molecular flexibility index (Phi) is 11.0. The normalized spacial score (nSPS) is 25.1. The third-order valence-electron chi connectivity index (χ3n) is 11.1. The first kappa shape index (κ1) is 31.9. The van der Waals surface area contributed by atoms with Crippen molar-refractivity contribution in [1.82, 2.24) is 19.6 Å². The maximum absolute atomic E-state index is 9.51. The summed E-state index contributed by atoms with van der Waals surface area (Å²) in [6, 6.07) is 23.3. The number of benzene rings is 2. The first-order valence-corrected chi connectivity index (χ1v) is 18.1. The summed E-state index contributed by atoms with van der Waals surface area (Å²) in [4.78, 5) is 14.8. The number of nitrogens with one attached hydrogen (secondary N) is 1.